The molecular weight excluding hydrogens is 380 g/mol. The van der Waals surface area contributed by atoms with Crippen molar-refractivity contribution in [3.05, 3.63) is 36.5 Å². The third kappa shape index (κ3) is 4.32. The van der Waals surface area contributed by atoms with E-state index >= 15 is 0 Å². The van der Waals surface area contributed by atoms with Gasteiger partial charge in [0.1, 0.15) is 0 Å². The number of nitrogens with one attached hydrogen (secondary N) is 1. The molecule has 0 aromatic heterocycles. The minimum Gasteiger partial charge on any atom is -0.353 e. The third-order valence-corrected chi connectivity index (χ3v) is 9.24. The highest BCUT2D eigenvalue weighted by Crippen LogP contribution is 2.72. The van der Waals surface area contributed by atoms with E-state index in [1.165, 1.54) is 37.7 Å². The van der Waals surface area contributed by atoms with Crippen LogP contribution in [0, 0.1) is 28.1 Å². The molecule has 4 atom stereocenters. The quantitative estimate of drug-likeness (QED) is 0.465. The van der Waals surface area contributed by atoms with Crippen LogP contribution < -0.4 is 11.1 Å². The van der Waals surface area contributed by atoms with Crippen LogP contribution in [0.1, 0.15) is 90.9 Å². The van der Waals surface area contributed by atoms with E-state index in [9.17, 15) is 4.79 Å². The standard InChI is InChI=1S/C28H44N2O/c1-4-6-7-8-21(3)27-15-23-14-26(18-27,13-5-2)19-28(16-23,20-27)25(31)30-24-11-9-22(17-29)10-12-24/h4,6-8,22-24H,3,5,9-20,29H2,1-2H3,(H,30,31)/b6-4-,8-7-/t22-,23?,24+,26-,27-,28?/m1/s1. The van der Waals surface area contributed by atoms with Crippen molar-refractivity contribution in [1.82, 2.24) is 5.32 Å². The summed E-state index contributed by atoms with van der Waals surface area (Å²) in [7, 11) is 0. The molecule has 5 rings (SSSR count). The number of amides is 1. The first kappa shape index (κ1) is 22.8. The van der Waals surface area contributed by atoms with Gasteiger partial charge >= 0.3 is 0 Å². The largest absolute Gasteiger partial charge is 0.353 e. The molecule has 172 valence electrons. The van der Waals surface area contributed by atoms with Gasteiger partial charge in [0.05, 0.1) is 5.41 Å². The molecule has 0 aromatic rings. The maximum Gasteiger partial charge on any atom is 0.226 e. The van der Waals surface area contributed by atoms with Gasteiger partial charge in [-0.25, -0.2) is 0 Å². The van der Waals surface area contributed by atoms with Crippen LogP contribution in [0.5, 0.6) is 0 Å². The average molecular weight is 425 g/mol. The van der Waals surface area contributed by atoms with Crippen molar-refractivity contribution in [1.29, 1.82) is 0 Å². The number of carbonyl (C=O) groups excluding carboxylic acids is 1. The van der Waals surface area contributed by atoms with Crippen LogP contribution >= 0.6 is 0 Å². The highest BCUT2D eigenvalue weighted by atomic mass is 16.2. The Labute approximate surface area is 190 Å². The molecule has 0 spiro atoms. The zero-order valence-electron chi connectivity index (χ0n) is 19.9. The molecule has 3 N–H and O–H groups in total. The Morgan fingerprint density at radius 3 is 2.45 bits per heavy atom. The first-order valence-corrected chi connectivity index (χ1v) is 12.9. The van der Waals surface area contributed by atoms with Gasteiger partial charge in [-0.15, -0.1) is 0 Å². The molecule has 3 nitrogen and oxygen atoms in total. The summed E-state index contributed by atoms with van der Waals surface area (Å²) in [6.07, 6.45) is 22.5. The summed E-state index contributed by atoms with van der Waals surface area (Å²) in [6.45, 7) is 9.72. The van der Waals surface area contributed by atoms with Crippen LogP contribution in [0.3, 0.4) is 0 Å². The summed E-state index contributed by atoms with van der Waals surface area (Å²) in [4.78, 5) is 13.9. The highest BCUT2D eigenvalue weighted by Gasteiger charge is 2.65. The second kappa shape index (κ2) is 8.89. The predicted octanol–water partition coefficient (Wildman–Crippen LogP) is 6.07. The molecule has 5 fully saturated rings. The van der Waals surface area contributed by atoms with Gasteiger partial charge in [-0.3, -0.25) is 4.79 Å². The van der Waals surface area contributed by atoms with E-state index in [-0.39, 0.29) is 10.8 Å². The fourth-order valence-corrected chi connectivity index (χ4v) is 8.40. The molecule has 31 heavy (non-hydrogen) atoms. The number of hydrogen-bond acceptors (Lipinski definition) is 2. The number of carbonyl (C=O) groups is 1. The molecule has 3 heteroatoms. The number of nitrogens with two attached hydrogens (primary N) is 1. The lowest BCUT2D eigenvalue weighted by molar-refractivity contribution is -0.171. The molecule has 5 aliphatic carbocycles. The van der Waals surface area contributed by atoms with Crippen LogP contribution in [-0.4, -0.2) is 18.5 Å². The zero-order chi connectivity index (χ0) is 22.1. The van der Waals surface area contributed by atoms with Crippen molar-refractivity contribution >= 4 is 5.91 Å². The van der Waals surface area contributed by atoms with Crippen molar-refractivity contribution in [3.8, 4) is 0 Å². The second-order valence-corrected chi connectivity index (χ2v) is 11.7. The minimum absolute atomic E-state index is 0.112. The molecule has 2 unspecified atom stereocenters. The molecule has 0 aromatic carbocycles. The van der Waals surface area contributed by atoms with Crippen molar-refractivity contribution in [2.45, 2.75) is 96.9 Å². The molecule has 5 saturated carbocycles. The van der Waals surface area contributed by atoms with Gasteiger partial charge in [-0.2, -0.15) is 0 Å². The van der Waals surface area contributed by atoms with Crippen LogP contribution in [0.2, 0.25) is 0 Å². The van der Waals surface area contributed by atoms with Gasteiger partial charge in [0.2, 0.25) is 5.91 Å². The smallest absolute Gasteiger partial charge is 0.226 e. The molecule has 1 amide bonds. The van der Waals surface area contributed by atoms with Crippen molar-refractivity contribution in [2.75, 3.05) is 6.54 Å². The Hall–Kier alpha value is -1.35. The molecule has 4 bridgehead atoms. The Bertz CT molecular complexity index is 746. The number of allylic oxidation sites excluding steroid dienone is 5. The fraction of sp³-hybridized carbons (Fsp3) is 0.750. The molecule has 0 radical (unpaired) electrons. The summed E-state index contributed by atoms with van der Waals surface area (Å²) in [5.74, 6) is 1.69. The van der Waals surface area contributed by atoms with Crippen molar-refractivity contribution in [2.24, 2.45) is 33.8 Å². The lowest BCUT2D eigenvalue weighted by Gasteiger charge is -2.66. The summed E-state index contributed by atoms with van der Waals surface area (Å²) in [6, 6.07) is 0.346. The van der Waals surface area contributed by atoms with E-state index in [2.05, 4.69) is 43.1 Å². The maximum atomic E-state index is 13.9. The zero-order valence-corrected chi connectivity index (χ0v) is 19.9. The highest BCUT2D eigenvalue weighted by molar-refractivity contribution is 5.84. The Morgan fingerprint density at radius 1 is 1.06 bits per heavy atom. The monoisotopic (exact) mass is 424 g/mol. The number of hydrogen-bond donors (Lipinski definition) is 2. The van der Waals surface area contributed by atoms with Crippen LogP contribution in [0.15, 0.2) is 36.5 Å². The Morgan fingerprint density at radius 2 is 1.77 bits per heavy atom. The number of rotatable bonds is 8. The molecule has 0 aliphatic heterocycles. The SMILES string of the molecule is C=C(/C=C\C=C/C)[C@]12CC3CC(C(=O)N[C@H]4CC[C@@H](CN)CC4)(C[C@](CCC)(C3)C1)C2. The summed E-state index contributed by atoms with van der Waals surface area (Å²) in [5, 5.41) is 3.55. The van der Waals surface area contributed by atoms with E-state index in [4.69, 9.17) is 5.73 Å². The first-order chi connectivity index (χ1) is 14.9. The lowest BCUT2D eigenvalue weighted by atomic mass is 9.37. The van der Waals surface area contributed by atoms with Gasteiger partial charge in [0, 0.05) is 6.04 Å². The fourth-order valence-electron chi connectivity index (χ4n) is 8.40. The molecular formula is C28H44N2O. The Kier molecular flexibility index (Phi) is 6.54. The van der Waals surface area contributed by atoms with Gasteiger partial charge in [-0.05, 0) is 112 Å². The predicted molar refractivity (Wildman–Crippen MR) is 129 cm³/mol. The molecule has 0 heterocycles. The third-order valence-electron chi connectivity index (χ3n) is 9.24. The van der Waals surface area contributed by atoms with Gasteiger partial charge < -0.3 is 11.1 Å². The summed E-state index contributed by atoms with van der Waals surface area (Å²) < 4.78 is 0. The lowest BCUT2D eigenvalue weighted by Crippen LogP contribution is -2.62. The molecule has 5 aliphatic rings. The normalized spacial score (nSPS) is 41.8. The van der Waals surface area contributed by atoms with Crippen LogP contribution in [0.4, 0.5) is 0 Å². The van der Waals surface area contributed by atoms with Crippen LogP contribution in [-0.2, 0) is 4.79 Å². The van der Waals surface area contributed by atoms with Crippen LogP contribution in [0.25, 0.3) is 0 Å². The van der Waals surface area contributed by atoms with Gasteiger partial charge in [0.15, 0.2) is 0 Å². The summed E-state index contributed by atoms with van der Waals surface area (Å²) in [5.41, 5.74) is 7.40. The Balaban J connectivity index is 1.57. The van der Waals surface area contributed by atoms with E-state index in [1.54, 1.807) is 0 Å². The van der Waals surface area contributed by atoms with Crippen molar-refractivity contribution in [3.63, 3.8) is 0 Å². The van der Waals surface area contributed by atoms with Crippen molar-refractivity contribution < 1.29 is 4.79 Å². The van der Waals surface area contributed by atoms with E-state index in [0.29, 0.717) is 29.2 Å². The average Bonchev–Trinajstić information content (AvgIpc) is 2.73. The molecule has 0 saturated heterocycles. The van der Waals surface area contributed by atoms with Gasteiger partial charge in [-0.1, -0.05) is 44.2 Å². The van der Waals surface area contributed by atoms with Gasteiger partial charge in [0.25, 0.3) is 0 Å². The van der Waals surface area contributed by atoms with E-state index < -0.39 is 0 Å². The minimum atomic E-state index is -0.184. The first-order valence-electron chi connectivity index (χ1n) is 12.9. The van der Waals surface area contributed by atoms with E-state index in [1.807, 2.05) is 6.92 Å². The van der Waals surface area contributed by atoms with E-state index in [0.717, 1.165) is 51.5 Å². The maximum absolute atomic E-state index is 13.9. The second-order valence-electron chi connectivity index (χ2n) is 11.7. The topological polar surface area (TPSA) is 55.1 Å². The summed E-state index contributed by atoms with van der Waals surface area (Å²) >= 11 is 0.